The molecule has 1 N–H and O–H groups in total. The summed E-state index contributed by atoms with van der Waals surface area (Å²) in [6.45, 7) is -0.0561. The first-order valence-corrected chi connectivity index (χ1v) is 11.0. The topological polar surface area (TPSA) is 101 Å². The van der Waals surface area contributed by atoms with Crippen molar-refractivity contribution in [3.63, 3.8) is 0 Å². The van der Waals surface area contributed by atoms with Gasteiger partial charge in [0.05, 0.1) is 16.7 Å². The standard InChI is InChI=1S/C19H18N2O5S2/c22-17(20-15-10-12-28(25,26)13-15)9-11-21-18(23)16(27-19(21)24)8-4-7-14-5-2-1-3-6-14/h1-8,10,12,15H,9,11,13H2,(H,20,22)/b7-4+,16-8-/t15-/m0/s1. The van der Waals surface area contributed by atoms with Gasteiger partial charge in [-0.2, -0.15) is 0 Å². The molecule has 0 aliphatic carbocycles. The number of thioether (sulfide) groups is 1. The Kier molecular flexibility index (Phi) is 6.15. The van der Waals surface area contributed by atoms with Gasteiger partial charge in [0.1, 0.15) is 0 Å². The zero-order valence-corrected chi connectivity index (χ0v) is 16.4. The Hall–Kier alpha value is -2.65. The van der Waals surface area contributed by atoms with Crippen LogP contribution in [-0.2, 0) is 19.4 Å². The Morgan fingerprint density at radius 3 is 2.68 bits per heavy atom. The highest BCUT2D eigenvalue weighted by atomic mass is 32.2. The van der Waals surface area contributed by atoms with Crippen LogP contribution in [0.4, 0.5) is 4.79 Å². The molecule has 0 radical (unpaired) electrons. The van der Waals surface area contributed by atoms with Gasteiger partial charge in [0.2, 0.25) is 5.91 Å². The number of amides is 3. The summed E-state index contributed by atoms with van der Waals surface area (Å²) in [7, 11) is -3.26. The number of carbonyl (C=O) groups excluding carboxylic acids is 3. The zero-order valence-electron chi connectivity index (χ0n) is 14.8. The lowest BCUT2D eigenvalue weighted by Crippen LogP contribution is -2.38. The van der Waals surface area contributed by atoms with Gasteiger partial charge in [-0.1, -0.05) is 42.5 Å². The van der Waals surface area contributed by atoms with Crippen molar-refractivity contribution in [2.24, 2.45) is 0 Å². The van der Waals surface area contributed by atoms with Gasteiger partial charge in [0.15, 0.2) is 9.84 Å². The fraction of sp³-hybridized carbons (Fsp3) is 0.211. The van der Waals surface area contributed by atoms with Crippen molar-refractivity contribution in [2.45, 2.75) is 12.5 Å². The normalized spacial score (nSPS) is 22.5. The molecule has 1 aromatic rings. The molecule has 1 saturated heterocycles. The summed E-state index contributed by atoms with van der Waals surface area (Å²) < 4.78 is 22.7. The number of rotatable bonds is 6. The lowest BCUT2D eigenvalue weighted by Gasteiger charge is -2.14. The summed E-state index contributed by atoms with van der Waals surface area (Å²) in [6, 6.07) is 8.96. The van der Waals surface area contributed by atoms with Gasteiger partial charge in [-0.15, -0.1) is 0 Å². The van der Waals surface area contributed by atoms with E-state index in [1.807, 2.05) is 36.4 Å². The van der Waals surface area contributed by atoms with Crippen LogP contribution in [0.2, 0.25) is 0 Å². The largest absolute Gasteiger partial charge is 0.349 e. The molecule has 3 rings (SSSR count). The van der Waals surface area contributed by atoms with Gasteiger partial charge in [0.25, 0.3) is 11.1 Å². The minimum Gasteiger partial charge on any atom is -0.349 e. The predicted molar refractivity (Wildman–Crippen MR) is 108 cm³/mol. The number of carbonyl (C=O) groups is 3. The molecule has 1 atom stereocenters. The van der Waals surface area contributed by atoms with Gasteiger partial charge >= 0.3 is 0 Å². The van der Waals surface area contributed by atoms with E-state index in [1.165, 1.54) is 6.08 Å². The average molecular weight is 418 g/mol. The molecule has 0 saturated carbocycles. The molecule has 2 heterocycles. The Morgan fingerprint density at radius 1 is 1.25 bits per heavy atom. The molecule has 28 heavy (non-hydrogen) atoms. The van der Waals surface area contributed by atoms with Crippen LogP contribution >= 0.6 is 11.8 Å². The van der Waals surface area contributed by atoms with E-state index >= 15 is 0 Å². The van der Waals surface area contributed by atoms with Gasteiger partial charge in [0, 0.05) is 18.4 Å². The second-order valence-corrected chi connectivity index (χ2v) is 9.13. The third-order valence-corrected chi connectivity index (χ3v) is 6.37. The molecule has 0 aromatic heterocycles. The maximum absolute atomic E-state index is 12.4. The number of nitrogens with one attached hydrogen (secondary N) is 1. The molecule has 146 valence electrons. The second-order valence-electron chi connectivity index (χ2n) is 6.21. The predicted octanol–water partition coefficient (Wildman–Crippen LogP) is 2.10. The molecule has 0 spiro atoms. The number of sulfone groups is 1. The number of benzene rings is 1. The van der Waals surface area contributed by atoms with E-state index in [9.17, 15) is 22.8 Å². The van der Waals surface area contributed by atoms with Crippen LogP contribution < -0.4 is 5.32 Å². The fourth-order valence-electron chi connectivity index (χ4n) is 2.68. The Labute approximate surface area is 167 Å². The fourth-order valence-corrected chi connectivity index (χ4v) is 4.73. The van der Waals surface area contributed by atoms with Crippen LogP contribution in [-0.4, -0.2) is 48.7 Å². The van der Waals surface area contributed by atoms with Crippen LogP contribution in [0.25, 0.3) is 6.08 Å². The van der Waals surface area contributed by atoms with E-state index in [0.717, 1.165) is 27.6 Å². The molecule has 1 fully saturated rings. The van der Waals surface area contributed by atoms with Gasteiger partial charge in [-0.05, 0) is 29.5 Å². The molecule has 1 aromatic carbocycles. The minimum absolute atomic E-state index is 0.0561. The molecule has 0 unspecified atom stereocenters. The summed E-state index contributed by atoms with van der Waals surface area (Å²) in [5.74, 6) is -1.03. The van der Waals surface area contributed by atoms with Crippen molar-refractivity contribution in [1.29, 1.82) is 0 Å². The quantitative estimate of drug-likeness (QED) is 0.710. The van der Waals surface area contributed by atoms with Crippen LogP contribution in [0.1, 0.15) is 12.0 Å². The van der Waals surface area contributed by atoms with Crippen molar-refractivity contribution in [3.8, 4) is 0 Å². The summed E-state index contributed by atoms with van der Waals surface area (Å²) in [4.78, 5) is 37.7. The summed E-state index contributed by atoms with van der Waals surface area (Å²) in [5, 5.41) is 3.21. The smallest absolute Gasteiger partial charge is 0.293 e. The van der Waals surface area contributed by atoms with E-state index in [0.29, 0.717) is 4.91 Å². The van der Waals surface area contributed by atoms with Crippen molar-refractivity contribution in [2.75, 3.05) is 12.3 Å². The number of imide groups is 1. The lowest BCUT2D eigenvalue weighted by atomic mass is 10.2. The van der Waals surface area contributed by atoms with Crippen molar-refractivity contribution in [1.82, 2.24) is 10.2 Å². The highest BCUT2D eigenvalue weighted by Crippen LogP contribution is 2.30. The zero-order chi connectivity index (χ0) is 20.1. The maximum Gasteiger partial charge on any atom is 0.293 e. The maximum atomic E-state index is 12.4. The van der Waals surface area contributed by atoms with E-state index < -0.39 is 32.9 Å². The monoisotopic (exact) mass is 418 g/mol. The summed E-state index contributed by atoms with van der Waals surface area (Å²) in [6.07, 6.45) is 6.42. The average Bonchev–Trinajstić information content (AvgIpc) is 3.12. The Bertz CT molecular complexity index is 981. The second kappa shape index (κ2) is 8.57. The van der Waals surface area contributed by atoms with Crippen molar-refractivity contribution >= 4 is 44.7 Å². The molecular weight excluding hydrogens is 400 g/mol. The van der Waals surface area contributed by atoms with Crippen LogP contribution in [0.15, 0.2) is 58.9 Å². The molecular formula is C19H18N2O5S2. The number of hydrogen-bond donors (Lipinski definition) is 1. The van der Waals surface area contributed by atoms with Crippen LogP contribution in [0, 0.1) is 0 Å². The first-order chi connectivity index (χ1) is 13.3. The Balaban J connectivity index is 1.52. The highest BCUT2D eigenvalue weighted by molar-refractivity contribution is 8.18. The number of nitrogens with zero attached hydrogens (tertiary/aromatic N) is 1. The van der Waals surface area contributed by atoms with Crippen molar-refractivity contribution in [3.05, 3.63) is 64.4 Å². The first-order valence-electron chi connectivity index (χ1n) is 8.51. The summed E-state index contributed by atoms with van der Waals surface area (Å²) >= 11 is 0.826. The lowest BCUT2D eigenvalue weighted by molar-refractivity contribution is -0.124. The number of hydrogen-bond acceptors (Lipinski definition) is 6. The third kappa shape index (κ3) is 5.20. The molecule has 3 amide bonds. The van der Waals surface area contributed by atoms with E-state index in [2.05, 4.69) is 5.32 Å². The molecule has 2 aliphatic rings. The molecule has 7 nitrogen and oxygen atoms in total. The molecule has 2 aliphatic heterocycles. The van der Waals surface area contributed by atoms with Crippen LogP contribution in [0.3, 0.4) is 0 Å². The van der Waals surface area contributed by atoms with E-state index in [4.69, 9.17) is 0 Å². The highest BCUT2D eigenvalue weighted by Gasteiger charge is 2.34. The Morgan fingerprint density at radius 2 is 2.00 bits per heavy atom. The SMILES string of the molecule is O=C(CCN1C(=O)S/C(=C\C=C\c2ccccc2)C1=O)N[C@H]1C=CS(=O)(=O)C1. The van der Waals surface area contributed by atoms with Gasteiger partial charge in [-0.3, -0.25) is 19.3 Å². The third-order valence-electron chi connectivity index (χ3n) is 4.05. The molecule has 9 heteroatoms. The van der Waals surface area contributed by atoms with E-state index in [1.54, 1.807) is 12.2 Å². The van der Waals surface area contributed by atoms with Gasteiger partial charge < -0.3 is 5.32 Å². The number of allylic oxidation sites excluding steroid dienone is 2. The van der Waals surface area contributed by atoms with Crippen molar-refractivity contribution < 1.29 is 22.8 Å². The van der Waals surface area contributed by atoms with Gasteiger partial charge in [-0.25, -0.2) is 8.42 Å². The first kappa shape index (κ1) is 20.1. The van der Waals surface area contributed by atoms with Crippen LogP contribution in [0.5, 0.6) is 0 Å². The summed E-state index contributed by atoms with van der Waals surface area (Å²) in [5.41, 5.74) is 0.970. The molecule has 0 bridgehead atoms. The van der Waals surface area contributed by atoms with E-state index in [-0.39, 0.29) is 18.7 Å². The minimum atomic E-state index is -3.26.